The second-order valence-electron chi connectivity index (χ2n) is 6.41. The highest BCUT2D eigenvalue weighted by atomic mass is 19.4. The molecule has 0 aliphatic heterocycles. The third kappa shape index (κ3) is 3.94. The average Bonchev–Trinajstić information content (AvgIpc) is 2.40. The molecular weight excluding hydrogens is 358 g/mol. The number of hydrogen-bond donors (Lipinski definition) is 1. The number of hydrogen-bond acceptors (Lipinski definition) is 4. The Morgan fingerprint density at radius 2 is 1.60 bits per heavy atom. The maximum absolute atomic E-state index is 12.9. The standard InChI is InChI=1S/C15H20F6O4/c1-5-11(22)24-10-6-12(7-10,8(2)3)25-9(4)13(23,14(16,17)18)15(19,20)21/h5,8-10,23H,1,6-7H2,2-4H3. The Morgan fingerprint density at radius 3 is 1.92 bits per heavy atom. The van der Waals surface area contributed by atoms with Gasteiger partial charge in [0.1, 0.15) is 12.2 Å². The topological polar surface area (TPSA) is 55.8 Å². The van der Waals surface area contributed by atoms with Crippen LogP contribution in [0.15, 0.2) is 12.7 Å². The first-order chi connectivity index (χ1) is 11.1. The highest BCUT2D eigenvalue weighted by molar-refractivity contribution is 5.81. The lowest BCUT2D eigenvalue weighted by atomic mass is 9.69. The van der Waals surface area contributed by atoms with E-state index in [1.807, 2.05) is 0 Å². The van der Waals surface area contributed by atoms with Crippen molar-refractivity contribution in [2.75, 3.05) is 0 Å². The number of carbonyl (C=O) groups is 1. The van der Waals surface area contributed by atoms with Gasteiger partial charge >= 0.3 is 18.3 Å². The fraction of sp³-hybridized carbons (Fsp3) is 0.800. The van der Waals surface area contributed by atoms with Crippen molar-refractivity contribution in [2.24, 2.45) is 5.92 Å². The molecule has 1 aliphatic carbocycles. The number of carbonyl (C=O) groups excluding carboxylic acids is 1. The molecule has 1 rings (SSSR count). The Morgan fingerprint density at radius 1 is 1.16 bits per heavy atom. The van der Waals surface area contributed by atoms with Crippen molar-refractivity contribution in [2.45, 2.75) is 69.4 Å². The van der Waals surface area contributed by atoms with Crippen LogP contribution in [-0.2, 0) is 14.3 Å². The fourth-order valence-electron chi connectivity index (χ4n) is 2.77. The fourth-order valence-corrected chi connectivity index (χ4v) is 2.77. The monoisotopic (exact) mass is 378 g/mol. The van der Waals surface area contributed by atoms with Crippen LogP contribution in [0.2, 0.25) is 0 Å². The van der Waals surface area contributed by atoms with Gasteiger partial charge in [-0.1, -0.05) is 20.4 Å². The SMILES string of the molecule is C=CC(=O)OC1CC(OC(C)C(O)(C(F)(F)F)C(F)(F)F)(C(C)C)C1. The van der Waals surface area contributed by atoms with Gasteiger partial charge in [0.15, 0.2) is 0 Å². The Labute approximate surface area is 140 Å². The van der Waals surface area contributed by atoms with Crippen molar-refractivity contribution < 1.29 is 45.7 Å². The maximum Gasteiger partial charge on any atom is 0.428 e. The molecule has 146 valence electrons. The Kier molecular flexibility index (Phi) is 5.91. The molecule has 1 atom stereocenters. The molecule has 0 aromatic heterocycles. The summed E-state index contributed by atoms with van der Waals surface area (Å²) in [7, 11) is 0. The number of aliphatic hydroxyl groups is 1. The molecule has 1 aliphatic rings. The Bertz CT molecular complexity index is 491. The number of alkyl halides is 6. The largest absolute Gasteiger partial charge is 0.459 e. The normalized spacial score (nSPS) is 26.1. The maximum atomic E-state index is 12.9. The lowest BCUT2D eigenvalue weighted by Crippen LogP contribution is -2.67. The number of rotatable bonds is 6. The molecule has 0 heterocycles. The van der Waals surface area contributed by atoms with Crippen molar-refractivity contribution >= 4 is 5.97 Å². The minimum Gasteiger partial charge on any atom is -0.459 e. The third-order valence-electron chi connectivity index (χ3n) is 4.51. The van der Waals surface area contributed by atoms with Gasteiger partial charge in [-0.25, -0.2) is 4.79 Å². The molecule has 0 bridgehead atoms. The van der Waals surface area contributed by atoms with Crippen LogP contribution in [0.5, 0.6) is 0 Å². The van der Waals surface area contributed by atoms with Crippen molar-refractivity contribution in [1.82, 2.24) is 0 Å². The molecule has 0 aromatic carbocycles. The summed E-state index contributed by atoms with van der Waals surface area (Å²) in [5.74, 6) is -1.23. The molecule has 0 amide bonds. The summed E-state index contributed by atoms with van der Waals surface area (Å²) in [6.45, 7) is 6.82. The molecule has 1 fully saturated rings. The zero-order chi connectivity index (χ0) is 19.8. The quantitative estimate of drug-likeness (QED) is 0.437. The number of ether oxygens (including phenoxy) is 2. The molecule has 1 saturated carbocycles. The summed E-state index contributed by atoms with van der Waals surface area (Å²) in [5.41, 5.74) is -6.39. The van der Waals surface area contributed by atoms with E-state index >= 15 is 0 Å². The van der Waals surface area contributed by atoms with Crippen molar-refractivity contribution in [3.63, 3.8) is 0 Å². The van der Waals surface area contributed by atoms with Gasteiger partial charge in [-0.3, -0.25) is 0 Å². The van der Waals surface area contributed by atoms with Crippen LogP contribution in [-0.4, -0.2) is 46.8 Å². The van der Waals surface area contributed by atoms with Gasteiger partial charge in [-0.2, -0.15) is 26.3 Å². The molecule has 1 N–H and O–H groups in total. The molecule has 0 spiro atoms. The zero-order valence-electron chi connectivity index (χ0n) is 13.9. The van der Waals surface area contributed by atoms with Gasteiger partial charge in [-0.15, -0.1) is 0 Å². The molecule has 0 saturated heterocycles. The minimum absolute atomic E-state index is 0.0830. The molecular formula is C15H20F6O4. The van der Waals surface area contributed by atoms with Gasteiger partial charge in [0.2, 0.25) is 0 Å². The predicted octanol–water partition coefficient (Wildman–Crippen LogP) is 3.53. The third-order valence-corrected chi connectivity index (χ3v) is 4.51. The van der Waals surface area contributed by atoms with E-state index in [1.165, 1.54) is 0 Å². The zero-order valence-corrected chi connectivity index (χ0v) is 13.9. The summed E-state index contributed by atoms with van der Waals surface area (Å²) in [5, 5.41) is 9.39. The summed E-state index contributed by atoms with van der Waals surface area (Å²) < 4.78 is 87.5. The second-order valence-corrected chi connectivity index (χ2v) is 6.41. The lowest BCUT2D eigenvalue weighted by Gasteiger charge is -2.52. The van der Waals surface area contributed by atoms with Gasteiger partial charge in [0.05, 0.1) is 5.60 Å². The number of halogens is 6. The number of esters is 1. The van der Waals surface area contributed by atoms with E-state index in [1.54, 1.807) is 13.8 Å². The van der Waals surface area contributed by atoms with Crippen molar-refractivity contribution in [3.05, 3.63) is 12.7 Å². The first-order valence-corrected chi connectivity index (χ1v) is 7.47. The van der Waals surface area contributed by atoms with Crippen LogP contribution >= 0.6 is 0 Å². The van der Waals surface area contributed by atoms with Crippen molar-refractivity contribution in [3.8, 4) is 0 Å². The van der Waals surface area contributed by atoms with Gasteiger partial charge in [0.25, 0.3) is 5.60 Å². The van der Waals surface area contributed by atoms with Crippen LogP contribution in [0, 0.1) is 5.92 Å². The molecule has 0 aromatic rings. The van der Waals surface area contributed by atoms with Gasteiger partial charge < -0.3 is 14.6 Å². The summed E-state index contributed by atoms with van der Waals surface area (Å²) in [6.07, 6.45) is -14.5. The second kappa shape index (κ2) is 6.79. The summed E-state index contributed by atoms with van der Waals surface area (Å²) in [6, 6.07) is 0. The lowest BCUT2D eigenvalue weighted by molar-refractivity contribution is -0.404. The molecule has 25 heavy (non-hydrogen) atoms. The highest BCUT2D eigenvalue weighted by Gasteiger charge is 2.74. The van der Waals surface area contributed by atoms with E-state index in [2.05, 4.69) is 6.58 Å². The molecule has 4 nitrogen and oxygen atoms in total. The molecule has 1 unspecified atom stereocenters. The van der Waals surface area contributed by atoms with E-state index in [4.69, 9.17) is 9.47 Å². The summed E-state index contributed by atoms with van der Waals surface area (Å²) >= 11 is 0. The Hall–Kier alpha value is -1.29. The van der Waals surface area contributed by atoms with Gasteiger partial charge in [-0.05, 0) is 12.8 Å². The minimum atomic E-state index is -5.97. The van der Waals surface area contributed by atoms with Crippen LogP contribution < -0.4 is 0 Å². The van der Waals surface area contributed by atoms with E-state index < -0.39 is 47.6 Å². The molecule has 10 heteroatoms. The Balaban J connectivity index is 3.00. The van der Waals surface area contributed by atoms with Crippen LogP contribution in [0.3, 0.4) is 0 Å². The van der Waals surface area contributed by atoms with E-state index in [0.29, 0.717) is 6.92 Å². The van der Waals surface area contributed by atoms with Gasteiger partial charge in [0, 0.05) is 18.9 Å². The molecule has 0 radical (unpaired) electrons. The first kappa shape index (κ1) is 21.8. The van der Waals surface area contributed by atoms with Crippen LogP contribution in [0.25, 0.3) is 0 Å². The predicted molar refractivity (Wildman–Crippen MR) is 74.5 cm³/mol. The van der Waals surface area contributed by atoms with Crippen LogP contribution in [0.1, 0.15) is 33.6 Å². The summed E-state index contributed by atoms with van der Waals surface area (Å²) in [4.78, 5) is 11.1. The smallest absolute Gasteiger partial charge is 0.428 e. The van der Waals surface area contributed by atoms with Crippen molar-refractivity contribution in [1.29, 1.82) is 0 Å². The van der Waals surface area contributed by atoms with E-state index in [0.717, 1.165) is 6.08 Å². The van der Waals surface area contributed by atoms with E-state index in [-0.39, 0.29) is 12.8 Å². The highest BCUT2D eigenvalue weighted by Crippen LogP contribution is 2.50. The average molecular weight is 378 g/mol. The van der Waals surface area contributed by atoms with E-state index in [9.17, 15) is 36.2 Å². The first-order valence-electron chi connectivity index (χ1n) is 7.47. The van der Waals surface area contributed by atoms with Crippen LogP contribution in [0.4, 0.5) is 26.3 Å².